The highest BCUT2D eigenvalue weighted by molar-refractivity contribution is 9.10. The van der Waals surface area contributed by atoms with Crippen LogP contribution in [0.25, 0.3) is 11.3 Å². The topological polar surface area (TPSA) is 68.3 Å². The van der Waals surface area contributed by atoms with Crippen LogP contribution in [-0.4, -0.2) is 23.5 Å². The summed E-state index contributed by atoms with van der Waals surface area (Å²) >= 11 is 4.59. The van der Waals surface area contributed by atoms with Crippen molar-refractivity contribution in [2.75, 3.05) is 11.9 Å². The number of carbonyl (C=O) groups excluding carboxylic acids is 2. The maximum absolute atomic E-state index is 13.5. The summed E-state index contributed by atoms with van der Waals surface area (Å²) in [6.45, 7) is -0.624. The first kappa shape index (κ1) is 19.1. The zero-order valence-electron chi connectivity index (χ0n) is 13.5. The molecule has 0 aliphatic heterocycles. The van der Waals surface area contributed by atoms with E-state index in [4.69, 9.17) is 4.74 Å². The zero-order chi connectivity index (χ0) is 19.4. The van der Waals surface area contributed by atoms with E-state index in [1.54, 1.807) is 5.38 Å². The van der Waals surface area contributed by atoms with Gasteiger partial charge in [-0.15, -0.1) is 11.3 Å². The predicted molar refractivity (Wildman–Crippen MR) is 101 cm³/mol. The smallest absolute Gasteiger partial charge is 0.341 e. The number of benzene rings is 2. The van der Waals surface area contributed by atoms with Crippen molar-refractivity contribution in [1.82, 2.24) is 4.98 Å². The highest BCUT2D eigenvalue weighted by Gasteiger charge is 2.16. The second-order valence-electron chi connectivity index (χ2n) is 5.30. The quantitative estimate of drug-likeness (QED) is 0.572. The maximum atomic E-state index is 13.5. The van der Waals surface area contributed by atoms with E-state index < -0.39 is 35.7 Å². The number of halogens is 3. The van der Waals surface area contributed by atoms with E-state index >= 15 is 0 Å². The molecule has 0 saturated carbocycles. The fourth-order valence-corrected chi connectivity index (χ4v) is 3.27. The molecular weight excluding hydrogens is 442 g/mol. The summed E-state index contributed by atoms with van der Waals surface area (Å²) in [5.74, 6) is -3.55. The van der Waals surface area contributed by atoms with Gasteiger partial charge in [0.1, 0.15) is 11.6 Å². The summed E-state index contributed by atoms with van der Waals surface area (Å²) in [5.41, 5.74) is 1.11. The van der Waals surface area contributed by atoms with Gasteiger partial charge in [-0.2, -0.15) is 0 Å². The molecule has 0 radical (unpaired) electrons. The van der Waals surface area contributed by atoms with Gasteiger partial charge in [0.25, 0.3) is 5.91 Å². The van der Waals surface area contributed by atoms with Gasteiger partial charge >= 0.3 is 5.97 Å². The van der Waals surface area contributed by atoms with Crippen LogP contribution < -0.4 is 5.32 Å². The number of ether oxygens (including phenoxy) is 1. The normalized spacial score (nSPS) is 10.5. The summed E-state index contributed by atoms with van der Waals surface area (Å²) in [4.78, 5) is 28.0. The molecule has 27 heavy (non-hydrogen) atoms. The van der Waals surface area contributed by atoms with Crippen LogP contribution in [0.1, 0.15) is 10.4 Å². The number of carbonyl (C=O) groups is 2. The first-order valence-electron chi connectivity index (χ1n) is 7.56. The molecule has 1 aromatic heterocycles. The Balaban J connectivity index is 1.57. The number of thiazole rings is 1. The predicted octanol–water partition coefficient (Wildman–Crippen LogP) is 4.65. The minimum absolute atomic E-state index is 0.332. The van der Waals surface area contributed by atoms with Gasteiger partial charge in [-0.05, 0) is 24.3 Å². The average molecular weight is 453 g/mol. The van der Waals surface area contributed by atoms with Crippen molar-refractivity contribution in [3.63, 3.8) is 0 Å². The molecule has 9 heteroatoms. The Labute approximate surface area is 165 Å². The number of esters is 1. The molecule has 2 aromatic carbocycles. The largest absolute Gasteiger partial charge is 0.452 e. The molecule has 1 heterocycles. The van der Waals surface area contributed by atoms with Crippen LogP contribution in [0.15, 0.2) is 52.3 Å². The Morgan fingerprint density at radius 2 is 2.00 bits per heavy atom. The van der Waals surface area contributed by atoms with Crippen molar-refractivity contribution >= 4 is 44.3 Å². The number of hydrogen-bond acceptors (Lipinski definition) is 5. The summed E-state index contributed by atoms with van der Waals surface area (Å²) in [6, 6.07) is 9.97. The Morgan fingerprint density at radius 1 is 1.19 bits per heavy atom. The van der Waals surface area contributed by atoms with Crippen molar-refractivity contribution in [3.8, 4) is 11.3 Å². The lowest BCUT2D eigenvalue weighted by Crippen LogP contribution is -2.21. The van der Waals surface area contributed by atoms with E-state index in [9.17, 15) is 18.4 Å². The monoisotopic (exact) mass is 452 g/mol. The summed E-state index contributed by atoms with van der Waals surface area (Å²) in [7, 11) is 0. The second-order valence-corrected chi connectivity index (χ2v) is 7.07. The van der Waals surface area contributed by atoms with Crippen LogP contribution in [0.2, 0.25) is 0 Å². The molecule has 3 rings (SSSR count). The Hall–Kier alpha value is -2.65. The molecule has 0 atom stereocenters. The van der Waals surface area contributed by atoms with E-state index in [1.807, 2.05) is 24.3 Å². The van der Waals surface area contributed by atoms with Crippen LogP contribution in [0, 0.1) is 11.6 Å². The number of hydrogen-bond donors (Lipinski definition) is 1. The van der Waals surface area contributed by atoms with Crippen LogP contribution in [0.4, 0.5) is 13.9 Å². The van der Waals surface area contributed by atoms with Crippen molar-refractivity contribution in [2.24, 2.45) is 0 Å². The second kappa shape index (κ2) is 8.36. The van der Waals surface area contributed by atoms with Crippen molar-refractivity contribution < 1.29 is 23.1 Å². The molecule has 0 unspecified atom stereocenters. The Kier molecular flexibility index (Phi) is 5.92. The molecule has 0 fully saturated rings. The lowest BCUT2D eigenvalue weighted by molar-refractivity contribution is -0.119. The summed E-state index contributed by atoms with van der Waals surface area (Å²) < 4.78 is 32.0. The van der Waals surface area contributed by atoms with Gasteiger partial charge in [0.2, 0.25) is 0 Å². The summed E-state index contributed by atoms with van der Waals surface area (Å²) in [5, 5.41) is 4.61. The molecule has 1 N–H and O–H groups in total. The van der Waals surface area contributed by atoms with Gasteiger partial charge in [-0.1, -0.05) is 28.1 Å². The van der Waals surface area contributed by atoms with E-state index in [1.165, 1.54) is 11.3 Å². The van der Waals surface area contributed by atoms with Gasteiger partial charge in [0.15, 0.2) is 11.7 Å². The number of nitrogens with zero attached hydrogens (tertiary/aromatic N) is 1. The number of amides is 1. The molecule has 138 valence electrons. The fraction of sp³-hybridized carbons (Fsp3) is 0.0556. The number of nitrogens with one attached hydrogen (secondary N) is 1. The van der Waals surface area contributed by atoms with Gasteiger partial charge in [0, 0.05) is 21.5 Å². The van der Waals surface area contributed by atoms with Crippen molar-refractivity contribution in [2.45, 2.75) is 0 Å². The highest BCUT2D eigenvalue weighted by Crippen LogP contribution is 2.26. The standard InChI is InChI=1S/C18H11BrF2N2O3S/c19-11-3-1-2-10(6-11)15-9-27-18(22-15)23-16(24)8-26-17(25)13-5-4-12(20)7-14(13)21/h1-7,9H,8H2,(H,22,23,24). The van der Waals surface area contributed by atoms with Crippen LogP contribution >= 0.6 is 27.3 Å². The molecular formula is C18H11BrF2N2O3S. The van der Waals surface area contributed by atoms with Crippen LogP contribution in [-0.2, 0) is 9.53 Å². The van der Waals surface area contributed by atoms with Crippen molar-refractivity contribution in [3.05, 3.63) is 69.5 Å². The van der Waals surface area contributed by atoms with Gasteiger partial charge in [-0.25, -0.2) is 18.6 Å². The number of rotatable bonds is 5. The fourth-order valence-electron chi connectivity index (χ4n) is 2.13. The minimum Gasteiger partial charge on any atom is -0.452 e. The Bertz CT molecular complexity index is 1010. The lowest BCUT2D eigenvalue weighted by Gasteiger charge is -2.05. The molecule has 3 aromatic rings. The van der Waals surface area contributed by atoms with Gasteiger partial charge in [-0.3, -0.25) is 10.1 Å². The van der Waals surface area contributed by atoms with Gasteiger partial charge < -0.3 is 4.74 Å². The molecule has 0 saturated heterocycles. The summed E-state index contributed by atoms with van der Waals surface area (Å²) in [6.07, 6.45) is 0. The molecule has 5 nitrogen and oxygen atoms in total. The Morgan fingerprint density at radius 3 is 2.74 bits per heavy atom. The van der Waals surface area contributed by atoms with Crippen LogP contribution in [0.3, 0.4) is 0 Å². The lowest BCUT2D eigenvalue weighted by atomic mass is 10.2. The first-order valence-corrected chi connectivity index (χ1v) is 9.23. The number of anilines is 1. The van der Waals surface area contributed by atoms with E-state index in [0.29, 0.717) is 16.9 Å². The number of aromatic nitrogens is 1. The minimum atomic E-state index is -1.06. The van der Waals surface area contributed by atoms with E-state index in [0.717, 1.165) is 22.2 Å². The van der Waals surface area contributed by atoms with Gasteiger partial charge in [0.05, 0.1) is 11.3 Å². The first-order chi connectivity index (χ1) is 12.9. The molecule has 0 bridgehead atoms. The third-order valence-electron chi connectivity index (χ3n) is 3.36. The SMILES string of the molecule is O=C(COC(=O)c1ccc(F)cc1F)Nc1nc(-c2cccc(Br)c2)cs1. The molecule has 0 aliphatic rings. The van der Waals surface area contributed by atoms with E-state index in [-0.39, 0.29) is 0 Å². The maximum Gasteiger partial charge on any atom is 0.341 e. The third-order valence-corrected chi connectivity index (χ3v) is 4.61. The van der Waals surface area contributed by atoms with Crippen molar-refractivity contribution in [1.29, 1.82) is 0 Å². The average Bonchev–Trinajstić information content (AvgIpc) is 3.08. The zero-order valence-corrected chi connectivity index (χ0v) is 15.9. The third kappa shape index (κ3) is 4.95. The van der Waals surface area contributed by atoms with Crippen LogP contribution in [0.5, 0.6) is 0 Å². The van der Waals surface area contributed by atoms with E-state index in [2.05, 4.69) is 26.2 Å². The molecule has 1 amide bonds. The highest BCUT2D eigenvalue weighted by atomic mass is 79.9. The molecule has 0 spiro atoms. The molecule has 0 aliphatic carbocycles.